The molecule has 0 bridgehead atoms. The molecule has 0 unspecified atom stereocenters. The topological polar surface area (TPSA) is 40.5 Å². The average Bonchev–Trinajstić information content (AvgIpc) is 2.75. The fraction of sp³-hybridized carbons (Fsp3) is 0.214. The van der Waals surface area contributed by atoms with Crippen molar-refractivity contribution in [3.63, 3.8) is 0 Å². The van der Waals surface area contributed by atoms with Crippen molar-refractivity contribution in [1.29, 1.82) is 0 Å². The van der Waals surface area contributed by atoms with E-state index < -0.39 is 5.97 Å². The van der Waals surface area contributed by atoms with Crippen LogP contribution in [0.15, 0.2) is 36.4 Å². The Morgan fingerprint density at radius 1 is 1.26 bits per heavy atom. The first-order valence-corrected chi connectivity index (χ1v) is 6.99. The number of rotatable bonds is 5. The van der Waals surface area contributed by atoms with Gasteiger partial charge < -0.3 is 5.11 Å². The van der Waals surface area contributed by atoms with Crippen molar-refractivity contribution in [3.8, 4) is 0 Å². The largest absolute Gasteiger partial charge is 0.478 e. The molecule has 1 heterocycles. The molecule has 0 amide bonds. The molecule has 2 rings (SSSR count). The second-order valence-corrected chi connectivity index (χ2v) is 6.14. The molecule has 0 spiro atoms. The van der Waals surface area contributed by atoms with E-state index in [2.05, 4.69) is 4.90 Å². The van der Waals surface area contributed by atoms with Crippen LogP contribution < -0.4 is 0 Å². The van der Waals surface area contributed by atoms with Crippen molar-refractivity contribution in [1.82, 2.24) is 4.90 Å². The molecule has 0 atom stereocenters. The van der Waals surface area contributed by atoms with E-state index in [9.17, 15) is 4.79 Å². The van der Waals surface area contributed by atoms with Gasteiger partial charge in [-0.15, -0.1) is 11.3 Å². The number of thiophene rings is 1. The number of hydrogen-bond donors (Lipinski definition) is 1. The summed E-state index contributed by atoms with van der Waals surface area (Å²) in [4.78, 5) is 14.4. The number of benzene rings is 1. The average molecular weight is 296 g/mol. The molecule has 0 aliphatic rings. The van der Waals surface area contributed by atoms with E-state index in [1.807, 2.05) is 31.3 Å². The van der Waals surface area contributed by atoms with Gasteiger partial charge in [-0.3, -0.25) is 4.90 Å². The molecule has 100 valence electrons. The normalized spacial score (nSPS) is 10.9. The third-order valence-electron chi connectivity index (χ3n) is 2.74. The second kappa shape index (κ2) is 6.19. The maximum Gasteiger partial charge on any atom is 0.336 e. The Morgan fingerprint density at radius 3 is 2.63 bits per heavy atom. The maximum atomic E-state index is 11.1. The second-order valence-electron chi connectivity index (χ2n) is 4.34. The van der Waals surface area contributed by atoms with E-state index in [0.29, 0.717) is 12.1 Å². The SMILES string of the molecule is CN(Cc1ccc(Cl)s1)Cc1ccccc1C(=O)O. The lowest BCUT2D eigenvalue weighted by atomic mass is 10.1. The van der Waals surface area contributed by atoms with Crippen LogP contribution >= 0.6 is 22.9 Å². The van der Waals surface area contributed by atoms with Crippen molar-refractivity contribution < 1.29 is 9.90 Å². The number of nitrogens with zero attached hydrogens (tertiary/aromatic N) is 1. The first-order chi connectivity index (χ1) is 9.06. The lowest BCUT2D eigenvalue weighted by Crippen LogP contribution is -2.18. The smallest absolute Gasteiger partial charge is 0.336 e. The van der Waals surface area contributed by atoms with Crippen LogP contribution in [0.2, 0.25) is 4.34 Å². The zero-order valence-electron chi connectivity index (χ0n) is 10.5. The molecular formula is C14H14ClNO2S. The minimum Gasteiger partial charge on any atom is -0.478 e. The molecule has 2 aromatic rings. The highest BCUT2D eigenvalue weighted by molar-refractivity contribution is 7.16. The van der Waals surface area contributed by atoms with Crippen LogP contribution in [0.3, 0.4) is 0 Å². The Hall–Kier alpha value is -1.36. The Bertz CT molecular complexity index is 582. The van der Waals surface area contributed by atoms with Crippen LogP contribution in [0, 0.1) is 0 Å². The molecule has 0 aliphatic heterocycles. The summed E-state index contributed by atoms with van der Waals surface area (Å²) in [5.74, 6) is -0.886. The third kappa shape index (κ3) is 3.80. The van der Waals surface area contributed by atoms with Crippen LogP contribution in [0.25, 0.3) is 0 Å². The molecule has 0 saturated heterocycles. The van der Waals surface area contributed by atoms with Crippen molar-refractivity contribution >= 4 is 28.9 Å². The van der Waals surface area contributed by atoms with Crippen LogP contribution in [-0.2, 0) is 13.1 Å². The first-order valence-electron chi connectivity index (χ1n) is 5.80. The van der Waals surface area contributed by atoms with Crippen molar-refractivity contribution in [2.24, 2.45) is 0 Å². The fourth-order valence-corrected chi connectivity index (χ4v) is 3.08. The van der Waals surface area contributed by atoms with Gasteiger partial charge in [0.05, 0.1) is 9.90 Å². The number of carbonyl (C=O) groups is 1. The van der Waals surface area contributed by atoms with Gasteiger partial charge in [0.15, 0.2) is 0 Å². The Kier molecular flexibility index (Phi) is 4.58. The summed E-state index contributed by atoms with van der Waals surface area (Å²) >= 11 is 7.44. The molecule has 5 heteroatoms. The van der Waals surface area contributed by atoms with Gasteiger partial charge in [-0.25, -0.2) is 4.79 Å². The van der Waals surface area contributed by atoms with Gasteiger partial charge in [-0.1, -0.05) is 29.8 Å². The number of carboxylic acid groups (broad SMARTS) is 1. The summed E-state index contributed by atoms with van der Waals surface area (Å²) in [6.45, 7) is 1.35. The number of halogens is 1. The molecule has 0 radical (unpaired) electrons. The maximum absolute atomic E-state index is 11.1. The van der Waals surface area contributed by atoms with E-state index in [1.165, 1.54) is 4.88 Å². The van der Waals surface area contributed by atoms with Gasteiger partial charge in [0.2, 0.25) is 0 Å². The van der Waals surface area contributed by atoms with Crippen LogP contribution in [-0.4, -0.2) is 23.0 Å². The van der Waals surface area contributed by atoms with Crippen molar-refractivity contribution in [2.75, 3.05) is 7.05 Å². The highest BCUT2D eigenvalue weighted by Crippen LogP contribution is 2.23. The molecule has 0 saturated carbocycles. The first kappa shape index (κ1) is 14.1. The molecule has 0 fully saturated rings. The van der Waals surface area contributed by atoms with Gasteiger partial charge >= 0.3 is 5.97 Å². The highest BCUT2D eigenvalue weighted by Gasteiger charge is 2.11. The minimum atomic E-state index is -0.886. The third-order valence-corrected chi connectivity index (χ3v) is 3.96. The predicted molar refractivity (Wildman–Crippen MR) is 77.9 cm³/mol. The van der Waals surface area contributed by atoms with Crippen molar-refractivity contribution in [2.45, 2.75) is 13.1 Å². The quantitative estimate of drug-likeness (QED) is 0.913. The van der Waals surface area contributed by atoms with Crippen LogP contribution in [0.1, 0.15) is 20.8 Å². The van der Waals surface area contributed by atoms with E-state index in [1.54, 1.807) is 23.5 Å². The molecule has 0 aliphatic carbocycles. The summed E-state index contributed by atoms with van der Waals surface area (Å²) in [6, 6.07) is 11.0. The highest BCUT2D eigenvalue weighted by atomic mass is 35.5. The lowest BCUT2D eigenvalue weighted by molar-refractivity contribution is 0.0694. The molecule has 1 aromatic heterocycles. The molecule has 3 nitrogen and oxygen atoms in total. The van der Waals surface area contributed by atoms with E-state index >= 15 is 0 Å². The predicted octanol–water partition coefficient (Wildman–Crippen LogP) is 3.73. The van der Waals surface area contributed by atoms with Crippen molar-refractivity contribution in [3.05, 3.63) is 56.7 Å². The van der Waals surface area contributed by atoms with Gasteiger partial charge in [0.1, 0.15) is 0 Å². The molecule has 19 heavy (non-hydrogen) atoms. The minimum absolute atomic E-state index is 0.360. The van der Waals surface area contributed by atoms with Gasteiger partial charge in [0, 0.05) is 18.0 Å². The zero-order valence-corrected chi connectivity index (χ0v) is 12.0. The molecular weight excluding hydrogens is 282 g/mol. The van der Waals surface area contributed by atoms with Crippen LogP contribution in [0.4, 0.5) is 0 Å². The van der Waals surface area contributed by atoms with Crippen LogP contribution in [0.5, 0.6) is 0 Å². The monoisotopic (exact) mass is 295 g/mol. The molecule has 1 N–H and O–H groups in total. The van der Waals surface area contributed by atoms with Gasteiger partial charge in [-0.2, -0.15) is 0 Å². The number of hydrogen-bond acceptors (Lipinski definition) is 3. The standard InChI is InChI=1S/C14H14ClNO2S/c1-16(9-11-6-7-13(15)19-11)8-10-4-2-3-5-12(10)14(17)18/h2-7H,8-9H2,1H3,(H,17,18). The summed E-state index contributed by atoms with van der Waals surface area (Å²) in [7, 11) is 1.96. The van der Waals surface area contributed by atoms with Gasteiger partial charge in [-0.05, 0) is 30.8 Å². The van der Waals surface area contributed by atoms with E-state index in [0.717, 1.165) is 16.4 Å². The Balaban J connectivity index is 2.06. The number of carboxylic acids is 1. The summed E-state index contributed by atoms with van der Waals surface area (Å²) < 4.78 is 0.773. The zero-order chi connectivity index (χ0) is 13.8. The summed E-state index contributed by atoms with van der Waals surface area (Å²) in [5.41, 5.74) is 1.18. The Labute approximate surface area is 121 Å². The molecule has 1 aromatic carbocycles. The summed E-state index contributed by atoms with van der Waals surface area (Å²) in [6.07, 6.45) is 0. The van der Waals surface area contributed by atoms with E-state index in [4.69, 9.17) is 16.7 Å². The fourth-order valence-electron chi connectivity index (χ4n) is 1.92. The van der Waals surface area contributed by atoms with Gasteiger partial charge in [0.25, 0.3) is 0 Å². The lowest BCUT2D eigenvalue weighted by Gasteiger charge is -2.17. The Morgan fingerprint density at radius 2 is 2.00 bits per heavy atom. The number of aromatic carboxylic acids is 1. The summed E-state index contributed by atoms with van der Waals surface area (Å²) in [5, 5.41) is 9.14. The van der Waals surface area contributed by atoms with E-state index in [-0.39, 0.29) is 0 Å².